The van der Waals surface area contributed by atoms with Crippen molar-refractivity contribution in [3.63, 3.8) is 0 Å². The van der Waals surface area contributed by atoms with Gasteiger partial charge in [-0.15, -0.1) is 0 Å². The van der Waals surface area contributed by atoms with Crippen LogP contribution in [0.25, 0.3) is 0 Å². The van der Waals surface area contributed by atoms with Crippen molar-refractivity contribution in [2.24, 2.45) is 7.05 Å². The lowest BCUT2D eigenvalue weighted by Crippen LogP contribution is -2.46. The molecule has 1 aromatic carbocycles. The molecule has 0 unspecified atom stereocenters. The van der Waals surface area contributed by atoms with Crippen molar-refractivity contribution in [1.82, 2.24) is 19.2 Å². The van der Waals surface area contributed by atoms with Crippen molar-refractivity contribution in [3.8, 4) is 0 Å². The van der Waals surface area contributed by atoms with Crippen LogP contribution in [0.5, 0.6) is 0 Å². The molecule has 1 aliphatic heterocycles. The third-order valence-corrected chi connectivity index (χ3v) is 6.65. The molecule has 150 valence electrons. The molecule has 0 bridgehead atoms. The number of amides is 1. The van der Waals surface area contributed by atoms with E-state index in [1.807, 2.05) is 0 Å². The predicted octanol–water partition coefficient (Wildman–Crippen LogP) is 1.13. The van der Waals surface area contributed by atoms with Crippen LogP contribution in [-0.2, 0) is 28.3 Å². The van der Waals surface area contributed by atoms with Gasteiger partial charge in [-0.2, -0.15) is 4.31 Å². The van der Waals surface area contributed by atoms with Crippen LogP contribution >= 0.6 is 0 Å². The van der Waals surface area contributed by atoms with Crippen LogP contribution in [0.2, 0.25) is 0 Å². The van der Waals surface area contributed by atoms with Crippen LogP contribution < -0.4 is 5.32 Å². The quantitative estimate of drug-likeness (QED) is 0.778. The Bertz CT molecular complexity index is 958. The number of carbonyl (C=O) groups is 2. The number of imidazole rings is 1. The number of carbonyl (C=O) groups excluding carboxylic acids is 2. The number of nitrogens with one attached hydrogen (secondary N) is 1. The van der Waals surface area contributed by atoms with Gasteiger partial charge < -0.3 is 9.88 Å². The fourth-order valence-corrected chi connectivity index (χ4v) is 4.72. The first-order valence-corrected chi connectivity index (χ1v) is 10.6. The smallest absolute Gasteiger partial charge is 0.271 e. The summed E-state index contributed by atoms with van der Waals surface area (Å²) in [7, 11) is -1.80. The van der Waals surface area contributed by atoms with E-state index in [2.05, 4.69) is 10.3 Å². The molecule has 1 fully saturated rings. The van der Waals surface area contributed by atoms with Gasteiger partial charge in [0, 0.05) is 38.8 Å². The molecule has 9 heteroatoms. The highest BCUT2D eigenvalue weighted by Crippen LogP contribution is 2.21. The molecule has 1 aliphatic rings. The third-order valence-electron chi connectivity index (χ3n) is 4.74. The molecule has 0 radical (unpaired) electrons. The van der Waals surface area contributed by atoms with E-state index in [1.165, 1.54) is 11.2 Å². The maximum absolute atomic E-state index is 12.8. The minimum Gasteiger partial charge on any atom is -0.348 e. The average Bonchev–Trinajstić information content (AvgIpc) is 3.09. The second-order valence-electron chi connectivity index (χ2n) is 7.10. The van der Waals surface area contributed by atoms with Gasteiger partial charge in [0.15, 0.2) is 0 Å². The number of Topliss-reactive ketones (excluding diaryl/α,β-unsaturated/α-hetero) is 1. The van der Waals surface area contributed by atoms with Gasteiger partial charge in [0.25, 0.3) is 5.91 Å². The molecule has 8 nitrogen and oxygen atoms in total. The van der Waals surface area contributed by atoms with E-state index in [1.54, 1.807) is 48.4 Å². The van der Waals surface area contributed by atoms with Gasteiger partial charge in [0.1, 0.15) is 11.5 Å². The van der Waals surface area contributed by atoms with Crippen LogP contribution in [0.15, 0.2) is 41.7 Å². The minimum atomic E-state index is -3.59. The topological polar surface area (TPSA) is 101 Å². The number of sulfonamides is 1. The summed E-state index contributed by atoms with van der Waals surface area (Å²) in [6.07, 6.45) is 4.58. The number of hydrogen-bond acceptors (Lipinski definition) is 5. The first-order valence-electron chi connectivity index (χ1n) is 9.13. The molecule has 3 rings (SSSR count). The van der Waals surface area contributed by atoms with Crippen LogP contribution in [0.1, 0.15) is 35.8 Å². The maximum atomic E-state index is 12.8. The lowest BCUT2D eigenvalue weighted by Gasteiger charge is -2.31. The van der Waals surface area contributed by atoms with Crippen LogP contribution in [0, 0.1) is 0 Å². The Hall–Kier alpha value is -2.52. The second kappa shape index (κ2) is 8.24. The van der Waals surface area contributed by atoms with Crippen molar-refractivity contribution in [2.45, 2.75) is 37.1 Å². The molecular formula is C19H24N4O4S. The molecule has 2 aromatic rings. The van der Waals surface area contributed by atoms with E-state index in [4.69, 9.17) is 0 Å². The largest absolute Gasteiger partial charge is 0.348 e. The zero-order valence-corrected chi connectivity index (χ0v) is 16.8. The van der Waals surface area contributed by atoms with Crippen molar-refractivity contribution >= 4 is 21.7 Å². The fraction of sp³-hybridized carbons (Fsp3) is 0.421. The summed E-state index contributed by atoms with van der Waals surface area (Å²) in [5.41, 5.74) is 1.14. The van der Waals surface area contributed by atoms with Crippen molar-refractivity contribution in [2.75, 3.05) is 13.1 Å². The summed E-state index contributed by atoms with van der Waals surface area (Å²) in [4.78, 5) is 27.6. The molecule has 1 amide bonds. The molecule has 0 aliphatic carbocycles. The summed E-state index contributed by atoms with van der Waals surface area (Å²) in [5, 5.41) is 2.92. The molecule has 0 spiro atoms. The third kappa shape index (κ3) is 4.66. The van der Waals surface area contributed by atoms with E-state index in [-0.39, 0.29) is 22.6 Å². The SMILES string of the molecule is CC(=O)Cc1ccc(S(=O)(=O)N2CCC(NC(=O)c3cn(C)cn3)CC2)cc1. The summed E-state index contributed by atoms with van der Waals surface area (Å²) in [5.74, 6) is -0.214. The Balaban J connectivity index is 1.58. The first kappa shape index (κ1) is 20.2. The molecule has 0 saturated carbocycles. The molecule has 1 aromatic heterocycles. The lowest BCUT2D eigenvalue weighted by molar-refractivity contribution is -0.116. The zero-order chi connectivity index (χ0) is 20.3. The highest BCUT2D eigenvalue weighted by atomic mass is 32.2. The monoisotopic (exact) mass is 404 g/mol. The van der Waals surface area contributed by atoms with E-state index in [9.17, 15) is 18.0 Å². The van der Waals surface area contributed by atoms with Gasteiger partial charge in [-0.25, -0.2) is 13.4 Å². The summed E-state index contributed by atoms with van der Waals surface area (Å²) in [6, 6.07) is 6.35. The Morgan fingerprint density at radius 2 is 1.82 bits per heavy atom. The number of piperidine rings is 1. The Labute approximate surface area is 164 Å². The first-order chi connectivity index (χ1) is 13.3. The Morgan fingerprint density at radius 1 is 1.18 bits per heavy atom. The van der Waals surface area contributed by atoms with Crippen LogP contribution in [0.3, 0.4) is 0 Å². The highest BCUT2D eigenvalue weighted by molar-refractivity contribution is 7.89. The zero-order valence-electron chi connectivity index (χ0n) is 16.0. The average molecular weight is 404 g/mol. The van der Waals surface area contributed by atoms with E-state index < -0.39 is 10.0 Å². The van der Waals surface area contributed by atoms with Gasteiger partial charge in [-0.3, -0.25) is 9.59 Å². The second-order valence-corrected chi connectivity index (χ2v) is 9.04. The van der Waals surface area contributed by atoms with Crippen molar-refractivity contribution < 1.29 is 18.0 Å². The number of benzene rings is 1. The van der Waals surface area contributed by atoms with Gasteiger partial charge in [0.2, 0.25) is 10.0 Å². The summed E-state index contributed by atoms with van der Waals surface area (Å²) >= 11 is 0. The normalized spacial score (nSPS) is 16.1. The van der Waals surface area contributed by atoms with Gasteiger partial charge in [-0.05, 0) is 37.5 Å². The minimum absolute atomic E-state index is 0.0328. The molecule has 0 atom stereocenters. The van der Waals surface area contributed by atoms with Crippen molar-refractivity contribution in [1.29, 1.82) is 0 Å². The molecular weight excluding hydrogens is 380 g/mol. The maximum Gasteiger partial charge on any atom is 0.271 e. The number of nitrogens with zero attached hydrogens (tertiary/aromatic N) is 3. The fourth-order valence-electron chi connectivity index (χ4n) is 3.25. The lowest BCUT2D eigenvalue weighted by atomic mass is 10.1. The molecule has 1 N–H and O–H groups in total. The molecule has 1 saturated heterocycles. The molecule has 2 heterocycles. The molecule has 28 heavy (non-hydrogen) atoms. The van der Waals surface area contributed by atoms with Crippen LogP contribution in [0.4, 0.5) is 0 Å². The van der Waals surface area contributed by atoms with Gasteiger partial charge in [0.05, 0.1) is 11.2 Å². The van der Waals surface area contributed by atoms with Gasteiger partial charge >= 0.3 is 0 Å². The standard InChI is InChI=1S/C19H24N4O4S/c1-14(24)11-15-3-5-17(6-4-15)28(26,27)23-9-7-16(8-10-23)21-19(25)18-12-22(2)13-20-18/h3-6,12-13,16H,7-11H2,1-2H3,(H,21,25). The number of hydrogen-bond donors (Lipinski definition) is 1. The highest BCUT2D eigenvalue weighted by Gasteiger charge is 2.30. The Morgan fingerprint density at radius 3 is 2.36 bits per heavy atom. The number of rotatable bonds is 6. The predicted molar refractivity (Wildman–Crippen MR) is 103 cm³/mol. The van der Waals surface area contributed by atoms with Crippen molar-refractivity contribution in [3.05, 3.63) is 48.0 Å². The number of aryl methyl sites for hydroxylation is 1. The van der Waals surface area contributed by atoms with Gasteiger partial charge in [-0.1, -0.05) is 12.1 Å². The number of ketones is 1. The van der Waals surface area contributed by atoms with E-state index >= 15 is 0 Å². The van der Waals surface area contributed by atoms with E-state index in [0.717, 1.165) is 5.56 Å². The Kier molecular flexibility index (Phi) is 5.95. The summed E-state index contributed by atoms with van der Waals surface area (Å²) in [6.45, 7) is 2.18. The summed E-state index contributed by atoms with van der Waals surface area (Å²) < 4.78 is 28.8. The van der Waals surface area contributed by atoms with E-state index in [0.29, 0.717) is 38.0 Å². The van der Waals surface area contributed by atoms with Crippen LogP contribution in [-0.4, -0.2) is 53.1 Å². The number of aromatic nitrogens is 2.